The second kappa shape index (κ2) is 8.04. The molecule has 0 amide bonds. The Morgan fingerprint density at radius 3 is 2.67 bits per heavy atom. The van der Waals surface area contributed by atoms with Crippen molar-refractivity contribution in [3.8, 4) is 0 Å². The Morgan fingerprint density at radius 2 is 1.88 bits per heavy atom. The molecule has 0 aliphatic rings. The average molecular weight is 325 g/mol. The van der Waals surface area contributed by atoms with Gasteiger partial charge in [-0.05, 0) is 37.6 Å². The molecule has 128 valence electrons. The molecule has 24 heavy (non-hydrogen) atoms. The first kappa shape index (κ1) is 16.6. The van der Waals surface area contributed by atoms with Gasteiger partial charge < -0.3 is 14.3 Å². The number of anilines is 1. The number of aryl methyl sites for hydroxylation is 2. The monoisotopic (exact) mass is 325 g/mol. The number of benzene rings is 1. The lowest BCUT2D eigenvalue weighted by Crippen LogP contribution is -2.07. The minimum absolute atomic E-state index is 0.660. The van der Waals surface area contributed by atoms with Crippen LogP contribution in [0.2, 0.25) is 0 Å². The molecule has 0 saturated heterocycles. The zero-order valence-electron chi connectivity index (χ0n) is 14.7. The van der Waals surface area contributed by atoms with Gasteiger partial charge in [0.15, 0.2) is 0 Å². The van der Waals surface area contributed by atoms with E-state index in [2.05, 4.69) is 35.0 Å². The zero-order chi connectivity index (χ0) is 16.8. The van der Waals surface area contributed by atoms with Crippen LogP contribution >= 0.6 is 0 Å². The Morgan fingerprint density at radius 1 is 1.04 bits per heavy atom. The van der Waals surface area contributed by atoms with Crippen molar-refractivity contribution in [2.24, 2.45) is 0 Å². The molecular weight excluding hydrogens is 298 g/mol. The number of unbranched alkanes of at least 4 members (excludes halogenated alkanes) is 4. The number of nitrogens with zero attached hydrogens (tertiary/aromatic N) is 2. The van der Waals surface area contributed by atoms with Gasteiger partial charge in [0.05, 0.1) is 17.6 Å². The predicted molar refractivity (Wildman–Crippen MR) is 99.3 cm³/mol. The van der Waals surface area contributed by atoms with E-state index >= 15 is 0 Å². The standard InChI is InChI=1S/C20H27N3O/c1-3-4-5-6-9-14-23-19-11-8-7-10-18(19)22-20(23)21-15-17-13-12-16(2)24-17/h7-8,10-13H,3-6,9,14-15H2,1-2H3,(H,21,22). The molecule has 0 unspecified atom stereocenters. The van der Waals surface area contributed by atoms with Crippen molar-refractivity contribution >= 4 is 17.0 Å². The summed E-state index contributed by atoms with van der Waals surface area (Å²) in [5.41, 5.74) is 2.25. The third-order valence-corrected chi connectivity index (χ3v) is 4.36. The molecule has 0 saturated carbocycles. The summed E-state index contributed by atoms with van der Waals surface area (Å²) in [5, 5.41) is 3.44. The fraction of sp³-hybridized carbons (Fsp3) is 0.450. The van der Waals surface area contributed by atoms with E-state index in [1.807, 2.05) is 25.1 Å². The van der Waals surface area contributed by atoms with Gasteiger partial charge >= 0.3 is 0 Å². The van der Waals surface area contributed by atoms with Crippen molar-refractivity contribution < 1.29 is 4.42 Å². The molecule has 0 spiro atoms. The SMILES string of the molecule is CCCCCCCn1c(NCc2ccc(C)o2)nc2ccccc21. The van der Waals surface area contributed by atoms with E-state index < -0.39 is 0 Å². The molecule has 0 radical (unpaired) electrons. The van der Waals surface area contributed by atoms with Crippen LogP contribution in [0.1, 0.15) is 50.5 Å². The molecule has 3 aromatic rings. The minimum Gasteiger partial charge on any atom is -0.465 e. The number of rotatable bonds is 9. The lowest BCUT2D eigenvalue weighted by atomic mass is 10.1. The number of furan rings is 1. The van der Waals surface area contributed by atoms with Gasteiger partial charge in [0.2, 0.25) is 5.95 Å². The van der Waals surface area contributed by atoms with Crippen LogP contribution in [-0.4, -0.2) is 9.55 Å². The zero-order valence-corrected chi connectivity index (χ0v) is 14.7. The molecule has 4 heteroatoms. The molecule has 2 heterocycles. The van der Waals surface area contributed by atoms with Crippen LogP contribution in [0.25, 0.3) is 11.0 Å². The van der Waals surface area contributed by atoms with Gasteiger partial charge in [-0.1, -0.05) is 44.7 Å². The molecule has 0 bridgehead atoms. The van der Waals surface area contributed by atoms with Crippen LogP contribution in [0.5, 0.6) is 0 Å². The highest BCUT2D eigenvalue weighted by atomic mass is 16.3. The maximum Gasteiger partial charge on any atom is 0.204 e. The highest BCUT2D eigenvalue weighted by molar-refractivity contribution is 5.78. The Labute approximate surface area is 143 Å². The van der Waals surface area contributed by atoms with Gasteiger partial charge in [0.25, 0.3) is 0 Å². The third kappa shape index (κ3) is 3.99. The Bertz CT molecular complexity index is 772. The summed E-state index contributed by atoms with van der Waals surface area (Å²) in [6, 6.07) is 12.4. The number of nitrogens with one attached hydrogen (secondary N) is 1. The van der Waals surface area contributed by atoms with Crippen molar-refractivity contribution in [2.75, 3.05) is 5.32 Å². The van der Waals surface area contributed by atoms with Crippen molar-refractivity contribution in [2.45, 2.75) is 59.0 Å². The maximum atomic E-state index is 5.65. The number of aromatic nitrogens is 2. The van der Waals surface area contributed by atoms with E-state index in [0.717, 1.165) is 29.5 Å². The fourth-order valence-corrected chi connectivity index (χ4v) is 3.06. The van der Waals surface area contributed by atoms with Gasteiger partial charge in [0, 0.05) is 6.54 Å². The number of hydrogen-bond donors (Lipinski definition) is 1. The smallest absolute Gasteiger partial charge is 0.204 e. The first-order valence-corrected chi connectivity index (χ1v) is 9.02. The van der Waals surface area contributed by atoms with Crippen LogP contribution in [0.3, 0.4) is 0 Å². The number of fused-ring (bicyclic) bond motifs is 1. The second-order valence-corrected chi connectivity index (χ2v) is 6.36. The Balaban J connectivity index is 1.71. The first-order chi connectivity index (χ1) is 11.8. The Hall–Kier alpha value is -2.23. The summed E-state index contributed by atoms with van der Waals surface area (Å²) in [4.78, 5) is 4.76. The molecule has 0 aliphatic carbocycles. The summed E-state index contributed by atoms with van der Waals surface area (Å²) in [6.45, 7) is 5.88. The lowest BCUT2D eigenvalue weighted by Gasteiger charge is -2.10. The summed E-state index contributed by atoms with van der Waals surface area (Å²) < 4.78 is 7.95. The van der Waals surface area contributed by atoms with Gasteiger partial charge in [-0.15, -0.1) is 0 Å². The quantitative estimate of drug-likeness (QED) is 0.527. The Kier molecular flexibility index (Phi) is 5.57. The van der Waals surface area contributed by atoms with E-state index in [-0.39, 0.29) is 0 Å². The van der Waals surface area contributed by atoms with Crippen molar-refractivity contribution in [1.29, 1.82) is 0 Å². The summed E-state index contributed by atoms with van der Waals surface area (Å²) >= 11 is 0. The van der Waals surface area contributed by atoms with Gasteiger partial charge in [-0.25, -0.2) is 4.98 Å². The number of hydrogen-bond acceptors (Lipinski definition) is 3. The average Bonchev–Trinajstić information content (AvgIpc) is 3.16. The highest BCUT2D eigenvalue weighted by Crippen LogP contribution is 2.21. The molecule has 4 nitrogen and oxygen atoms in total. The number of para-hydroxylation sites is 2. The van der Waals surface area contributed by atoms with E-state index in [4.69, 9.17) is 9.40 Å². The minimum atomic E-state index is 0.660. The fourth-order valence-electron chi connectivity index (χ4n) is 3.06. The molecule has 0 atom stereocenters. The largest absolute Gasteiger partial charge is 0.465 e. The van der Waals surface area contributed by atoms with E-state index in [9.17, 15) is 0 Å². The lowest BCUT2D eigenvalue weighted by molar-refractivity contribution is 0.489. The maximum absolute atomic E-state index is 5.65. The molecule has 1 N–H and O–H groups in total. The number of imidazole rings is 1. The van der Waals surface area contributed by atoms with Gasteiger partial charge in [0.1, 0.15) is 11.5 Å². The normalized spacial score (nSPS) is 11.2. The van der Waals surface area contributed by atoms with Crippen LogP contribution in [-0.2, 0) is 13.1 Å². The molecular formula is C20H27N3O. The van der Waals surface area contributed by atoms with Gasteiger partial charge in [-0.2, -0.15) is 0 Å². The van der Waals surface area contributed by atoms with Crippen molar-refractivity contribution in [3.63, 3.8) is 0 Å². The van der Waals surface area contributed by atoms with Crippen LogP contribution in [0.4, 0.5) is 5.95 Å². The molecule has 2 aromatic heterocycles. The summed E-state index contributed by atoms with van der Waals surface area (Å²) in [5.74, 6) is 2.81. The van der Waals surface area contributed by atoms with Gasteiger partial charge in [-0.3, -0.25) is 0 Å². The second-order valence-electron chi connectivity index (χ2n) is 6.36. The van der Waals surface area contributed by atoms with Crippen LogP contribution < -0.4 is 5.32 Å². The van der Waals surface area contributed by atoms with Crippen molar-refractivity contribution in [1.82, 2.24) is 9.55 Å². The molecule has 3 rings (SSSR count). The van der Waals surface area contributed by atoms with E-state index in [0.29, 0.717) is 6.54 Å². The predicted octanol–water partition coefficient (Wildman–Crippen LogP) is 5.52. The highest BCUT2D eigenvalue weighted by Gasteiger charge is 2.10. The van der Waals surface area contributed by atoms with Crippen LogP contribution in [0.15, 0.2) is 40.8 Å². The van der Waals surface area contributed by atoms with Crippen LogP contribution in [0, 0.1) is 6.92 Å². The summed E-state index contributed by atoms with van der Waals surface area (Å²) in [7, 11) is 0. The molecule has 0 aliphatic heterocycles. The summed E-state index contributed by atoms with van der Waals surface area (Å²) in [6.07, 6.45) is 6.39. The van der Waals surface area contributed by atoms with E-state index in [1.165, 1.54) is 37.6 Å². The van der Waals surface area contributed by atoms with Crippen molar-refractivity contribution in [3.05, 3.63) is 47.9 Å². The molecule has 0 fully saturated rings. The molecule has 1 aromatic carbocycles. The van der Waals surface area contributed by atoms with E-state index in [1.54, 1.807) is 0 Å². The third-order valence-electron chi connectivity index (χ3n) is 4.36. The topological polar surface area (TPSA) is 43.0 Å². The first-order valence-electron chi connectivity index (χ1n) is 9.02.